The molecule has 1 aliphatic carbocycles. The van der Waals surface area contributed by atoms with Crippen LogP contribution in [0.15, 0.2) is 36.4 Å². The van der Waals surface area contributed by atoms with Gasteiger partial charge < -0.3 is 35.1 Å². The molecule has 0 aromatic heterocycles. The summed E-state index contributed by atoms with van der Waals surface area (Å²) in [5.41, 5.74) is 5.79. The average Bonchev–Trinajstić information content (AvgIpc) is 2.92. The van der Waals surface area contributed by atoms with Crippen LogP contribution in [0.1, 0.15) is 31.2 Å². The van der Waals surface area contributed by atoms with Gasteiger partial charge in [0.1, 0.15) is 6.61 Å². The summed E-state index contributed by atoms with van der Waals surface area (Å²) < 4.78 is 56.0. The van der Waals surface area contributed by atoms with Gasteiger partial charge in [-0.15, -0.1) is 0 Å². The third kappa shape index (κ3) is 6.75. The van der Waals surface area contributed by atoms with E-state index in [1.165, 1.54) is 6.07 Å². The molecular formula is C27H35F3N4O4. The summed E-state index contributed by atoms with van der Waals surface area (Å²) in [6.07, 6.45) is -1.57. The van der Waals surface area contributed by atoms with Crippen LogP contribution in [0.3, 0.4) is 0 Å². The van der Waals surface area contributed by atoms with Crippen molar-refractivity contribution < 1.29 is 32.2 Å². The first-order valence-electron chi connectivity index (χ1n) is 12.8. The molecule has 1 amide bonds. The third-order valence-electron chi connectivity index (χ3n) is 7.21. The zero-order valence-corrected chi connectivity index (χ0v) is 21.7. The first-order valence-corrected chi connectivity index (χ1v) is 12.8. The Hall–Kier alpha value is -3.34. The molecule has 0 spiro atoms. The number of halogens is 3. The van der Waals surface area contributed by atoms with Crippen molar-refractivity contribution in [1.82, 2.24) is 4.90 Å². The molecule has 11 heteroatoms. The van der Waals surface area contributed by atoms with Gasteiger partial charge in [0.2, 0.25) is 5.91 Å². The standard InChI is InChI=1S/C27H35F3N4O4/c1-36-24-10-6-20(16-25(24)37-2)33-11-13-34(14-12-33)26(35)17-38-21-7-3-18(4-8-21)32-19-5-9-23(31)22(15-19)27(28,29)30/h5-6,9-10,15-16,18,21,32H,3-4,7-8,11-14,17,31H2,1-2H3. The van der Waals surface area contributed by atoms with Gasteiger partial charge in [-0.1, -0.05) is 0 Å². The molecule has 0 radical (unpaired) electrons. The zero-order valence-electron chi connectivity index (χ0n) is 21.7. The Morgan fingerprint density at radius 3 is 2.29 bits per heavy atom. The minimum Gasteiger partial charge on any atom is -0.493 e. The lowest BCUT2D eigenvalue weighted by atomic mass is 9.92. The molecule has 208 valence electrons. The van der Waals surface area contributed by atoms with Gasteiger partial charge in [-0.05, 0) is 56.0 Å². The van der Waals surface area contributed by atoms with Gasteiger partial charge in [0, 0.05) is 55.3 Å². The molecule has 38 heavy (non-hydrogen) atoms. The second-order valence-electron chi connectivity index (χ2n) is 9.64. The van der Waals surface area contributed by atoms with Crippen LogP contribution in [0, 0.1) is 0 Å². The number of carbonyl (C=O) groups excluding carboxylic acids is 1. The van der Waals surface area contributed by atoms with Crippen LogP contribution in [-0.2, 0) is 15.7 Å². The summed E-state index contributed by atoms with van der Waals surface area (Å²) in [6, 6.07) is 9.74. The molecule has 0 unspecified atom stereocenters. The number of nitrogens with one attached hydrogen (secondary N) is 1. The smallest absolute Gasteiger partial charge is 0.418 e. The summed E-state index contributed by atoms with van der Waals surface area (Å²) in [7, 11) is 3.21. The number of rotatable bonds is 8. The maximum atomic E-state index is 13.1. The molecule has 2 aromatic carbocycles. The topological polar surface area (TPSA) is 89.3 Å². The Labute approximate surface area is 220 Å². The number of alkyl halides is 3. The molecule has 8 nitrogen and oxygen atoms in total. The quantitative estimate of drug-likeness (QED) is 0.484. The molecular weight excluding hydrogens is 501 g/mol. The van der Waals surface area contributed by atoms with E-state index < -0.39 is 11.7 Å². The SMILES string of the molecule is COc1ccc(N2CCN(C(=O)COC3CCC(Nc4ccc(N)c(C(F)(F)F)c4)CC3)CC2)cc1OC. The molecule has 2 aromatic rings. The summed E-state index contributed by atoms with van der Waals surface area (Å²) >= 11 is 0. The molecule has 1 aliphatic heterocycles. The van der Waals surface area contributed by atoms with E-state index in [1.807, 2.05) is 23.1 Å². The number of nitrogen functional groups attached to an aromatic ring is 1. The maximum absolute atomic E-state index is 13.1. The van der Waals surface area contributed by atoms with Crippen molar-refractivity contribution in [3.8, 4) is 11.5 Å². The maximum Gasteiger partial charge on any atom is 0.418 e. The first-order chi connectivity index (χ1) is 18.2. The largest absolute Gasteiger partial charge is 0.493 e. The molecule has 2 fully saturated rings. The van der Waals surface area contributed by atoms with Crippen LogP contribution >= 0.6 is 0 Å². The predicted molar refractivity (Wildman–Crippen MR) is 140 cm³/mol. The summed E-state index contributed by atoms with van der Waals surface area (Å²) in [5.74, 6) is 1.31. The first kappa shape index (κ1) is 27.7. The second-order valence-corrected chi connectivity index (χ2v) is 9.64. The number of piperazine rings is 1. The number of ether oxygens (including phenoxy) is 3. The Kier molecular flexibility index (Phi) is 8.76. The summed E-state index contributed by atoms with van der Waals surface area (Å²) in [4.78, 5) is 16.8. The molecule has 3 N–H and O–H groups in total. The van der Waals surface area contributed by atoms with E-state index in [4.69, 9.17) is 19.9 Å². The van der Waals surface area contributed by atoms with Crippen LogP contribution in [0.2, 0.25) is 0 Å². The van der Waals surface area contributed by atoms with E-state index in [2.05, 4.69) is 10.2 Å². The van der Waals surface area contributed by atoms with Gasteiger partial charge in [-0.3, -0.25) is 4.79 Å². The number of carbonyl (C=O) groups is 1. The lowest BCUT2D eigenvalue weighted by Gasteiger charge is -2.36. The molecule has 1 saturated carbocycles. The normalized spacial score (nSPS) is 20.2. The van der Waals surface area contributed by atoms with E-state index in [1.54, 1.807) is 20.3 Å². The van der Waals surface area contributed by atoms with E-state index in [0.29, 0.717) is 43.4 Å². The predicted octanol–water partition coefficient (Wildman–Crippen LogP) is 4.39. The van der Waals surface area contributed by atoms with Crippen molar-refractivity contribution in [2.75, 3.05) is 63.0 Å². The van der Waals surface area contributed by atoms with Crippen LogP contribution in [0.25, 0.3) is 0 Å². The molecule has 4 rings (SSSR count). The van der Waals surface area contributed by atoms with Gasteiger partial charge in [-0.2, -0.15) is 13.2 Å². The number of hydrogen-bond acceptors (Lipinski definition) is 7. The molecule has 0 bridgehead atoms. The minimum atomic E-state index is -4.49. The highest BCUT2D eigenvalue weighted by atomic mass is 19.4. The lowest BCUT2D eigenvalue weighted by molar-refractivity contribution is -0.139. The Morgan fingerprint density at radius 1 is 0.974 bits per heavy atom. The van der Waals surface area contributed by atoms with Crippen molar-refractivity contribution in [2.24, 2.45) is 0 Å². The molecule has 0 atom stereocenters. The Bertz CT molecular complexity index is 1100. The van der Waals surface area contributed by atoms with E-state index in [-0.39, 0.29) is 30.3 Å². The molecule has 1 heterocycles. The van der Waals surface area contributed by atoms with Crippen LogP contribution < -0.4 is 25.4 Å². The van der Waals surface area contributed by atoms with E-state index in [0.717, 1.165) is 37.4 Å². The van der Waals surface area contributed by atoms with Crippen molar-refractivity contribution in [3.05, 3.63) is 42.0 Å². The number of amides is 1. The van der Waals surface area contributed by atoms with E-state index >= 15 is 0 Å². The third-order valence-corrected chi connectivity index (χ3v) is 7.21. The van der Waals surface area contributed by atoms with Gasteiger partial charge in [-0.25, -0.2) is 0 Å². The van der Waals surface area contributed by atoms with Crippen molar-refractivity contribution >= 4 is 23.0 Å². The number of nitrogens with two attached hydrogens (primary N) is 1. The van der Waals surface area contributed by atoms with Crippen molar-refractivity contribution in [2.45, 2.75) is 44.0 Å². The van der Waals surface area contributed by atoms with Crippen molar-refractivity contribution in [3.63, 3.8) is 0 Å². The number of hydrogen-bond donors (Lipinski definition) is 2. The van der Waals surface area contributed by atoms with Crippen LogP contribution in [0.4, 0.5) is 30.2 Å². The fourth-order valence-electron chi connectivity index (χ4n) is 5.02. The lowest BCUT2D eigenvalue weighted by Crippen LogP contribution is -2.50. The van der Waals surface area contributed by atoms with Crippen LogP contribution in [0.5, 0.6) is 11.5 Å². The Balaban J connectivity index is 1.19. The Morgan fingerprint density at radius 2 is 1.66 bits per heavy atom. The average molecular weight is 537 g/mol. The number of methoxy groups -OCH3 is 2. The van der Waals surface area contributed by atoms with E-state index in [9.17, 15) is 18.0 Å². The van der Waals surface area contributed by atoms with Gasteiger partial charge in [0.25, 0.3) is 0 Å². The minimum absolute atomic E-state index is 0.0289. The fourth-order valence-corrected chi connectivity index (χ4v) is 5.02. The monoisotopic (exact) mass is 536 g/mol. The highest BCUT2D eigenvalue weighted by Crippen LogP contribution is 2.36. The van der Waals surface area contributed by atoms with Gasteiger partial charge in [0.15, 0.2) is 11.5 Å². The highest BCUT2D eigenvalue weighted by Gasteiger charge is 2.33. The molecule has 1 saturated heterocycles. The van der Waals surface area contributed by atoms with Crippen molar-refractivity contribution in [1.29, 1.82) is 0 Å². The number of nitrogens with zero attached hydrogens (tertiary/aromatic N) is 2. The second kappa shape index (κ2) is 12.0. The molecule has 2 aliphatic rings. The summed E-state index contributed by atoms with van der Waals surface area (Å²) in [5, 5.41) is 3.18. The summed E-state index contributed by atoms with van der Waals surface area (Å²) in [6.45, 7) is 2.66. The zero-order chi connectivity index (χ0) is 27.3. The van der Waals surface area contributed by atoms with Gasteiger partial charge in [0.05, 0.1) is 25.9 Å². The van der Waals surface area contributed by atoms with Crippen LogP contribution in [-0.4, -0.2) is 70.0 Å². The highest BCUT2D eigenvalue weighted by molar-refractivity contribution is 5.77. The fraction of sp³-hybridized carbons (Fsp3) is 0.519. The number of benzene rings is 2. The number of anilines is 3. The van der Waals surface area contributed by atoms with Gasteiger partial charge >= 0.3 is 6.18 Å².